The highest BCUT2D eigenvalue weighted by Gasteiger charge is 2.26. The van der Waals surface area contributed by atoms with Gasteiger partial charge in [-0.15, -0.1) is 11.8 Å². The van der Waals surface area contributed by atoms with Crippen molar-refractivity contribution in [1.82, 2.24) is 10.6 Å². The van der Waals surface area contributed by atoms with Gasteiger partial charge in [0.05, 0.1) is 5.37 Å². The molecule has 1 aromatic carbocycles. The van der Waals surface area contributed by atoms with E-state index in [1.54, 1.807) is 17.8 Å². The van der Waals surface area contributed by atoms with Crippen molar-refractivity contribution in [2.24, 2.45) is 0 Å². The zero-order valence-corrected chi connectivity index (χ0v) is 13.2. The standard InChI is InChI=1S/C17H18N2O2S/c1-11-2-4-12(5-3-11)17(21)18-9-8-16-19-14-7-6-13(20)10-15(14)22-16/h2-7,16,19H,8-10H2,1H3,(H,18,21). The average molecular weight is 314 g/mol. The lowest BCUT2D eigenvalue weighted by molar-refractivity contribution is -0.114. The van der Waals surface area contributed by atoms with Gasteiger partial charge in [0.2, 0.25) is 0 Å². The molecule has 0 spiro atoms. The summed E-state index contributed by atoms with van der Waals surface area (Å²) in [5.74, 6) is 0.108. The molecule has 1 unspecified atom stereocenters. The molecule has 1 heterocycles. The Morgan fingerprint density at radius 1 is 1.32 bits per heavy atom. The maximum Gasteiger partial charge on any atom is 0.251 e. The van der Waals surface area contributed by atoms with Crippen LogP contribution in [0.5, 0.6) is 0 Å². The molecule has 2 aliphatic rings. The molecule has 0 saturated heterocycles. The van der Waals surface area contributed by atoms with Crippen LogP contribution < -0.4 is 10.6 Å². The monoisotopic (exact) mass is 314 g/mol. The molecular weight excluding hydrogens is 296 g/mol. The predicted molar refractivity (Wildman–Crippen MR) is 88.4 cm³/mol. The zero-order chi connectivity index (χ0) is 15.5. The molecule has 1 amide bonds. The van der Waals surface area contributed by atoms with Crippen LogP contribution in [0.4, 0.5) is 0 Å². The molecule has 1 aliphatic heterocycles. The fourth-order valence-corrected chi connectivity index (χ4v) is 3.69. The van der Waals surface area contributed by atoms with Gasteiger partial charge >= 0.3 is 0 Å². The van der Waals surface area contributed by atoms with Gasteiger partial charge in [0, 0.05) is 29.1 Å². The van der Waals surface area contributed by atoms with Gasteiger partial charge < -0.3 is 10.6 Å². The Hall–Kier alpha value is -2.01. The fraction of sp³-hybridized carbons (Fsp3) is 0.294. The molecule has 5 heteroatoms. The molecule has 0 saturated carbocycles. The summed E-state index contributed by atoms with van der Waals surface area (Å²) in [7, 11) is 0. The number of carbonyl (C=O) groups is 2. The van der Waals surface area contributed by atoms with Crippen LogP contribution in [-0.2, 0) is 4.79 Å². The van der Waals surface area contributed by atoms with E-state index in [9.17, 15) is 9.59 Å². The van der Waals surface area contributed by atoms with Crippen LogP contribution in [0.15, 0.2) is 47.0 Å². The van der Waals surface area contributed by atoms with Crippen molar-refractivity contribution in [1.29, 1.82) is 0 Å². The Labute approximate surface area is 134 Å². The smallest absolute Gasteiger partial charge is 0.251 e. The highest BCUT2D eigenvalue weighted by molar-refractivity contribution is 8.03. The second kappa shape index (κ2) is 6.40. The average Bonchev–Trinajstić information content (AvgIpc) is 2.89. The van der Waals surface area contributed by atoms with Crippen LogP contribution in [0.25, 0.3) is 0 Å². The molecule has 0 bridgehead atoms. The number of nitrogens with one attached hydrogen (secondary N) is 2. The van der Waals surface area contributed by atoms with Crippen LogP contribution in [-0.4, -0.2) is 23.6 Å². The SMILES string of the molecule is Cc1ccc(C(=O)NCCC2NC3=C(CC(=O)C=C3)S2)cc1. The molecule has 1 atom stereocenters. The fourth-order valence-electron chi connectivity index (χ4n) is 2.44. The second-order valence-electron chi connectivity index (χ2n) is 5.47. The number of thioether (sulfide) groups is 1. The van der Waals surface area contributed by atoms with E-state index in [0.717, 1.165) is 22.6 Å². The third-order valence-electron chi connectivity index (χ3n) is 3.68. The number of rotatable bonds is 4. The summed E-state index contributed by atoms with van der Waals surface area (Å²) in [6, 6.07) is 7.54. The molecule has 22 heavy (non-hydrogen) atoms. The van der Waals surface area contributed by atoms with E-state index in [-0.39, 0.29) is 17.1 Å². The molecule has 2 N–H and O–H groups in total. The maximum absolute atomic E-state index is 12.0. The molecule has 1 aliphatic carbocycles. The van der Waals surface area contributed by atoms with E-state index in [0.29, 0.717) is 18.5 Å². The summed E-state index contributed by atoms with van der Waals surface area (Å²) >= 11 is 1.69. The number of carbonyl (C=O) groups excluding carboxylic acids is 2. The first-order valence-electron chi connectivity index (χ1n) is 7.34. The molecule has 4 nitrogen and oxygen atoms in total. The quantitative estimate of drug-likeness (QED) is 0.896. The number of amides is 1. The van der Waals surface area contributed by atoms with Crippen molar-refractivity contribution in [2.45, 2.75) is 25.1 Å². The van der Waals surface area contributed by atoms with Gasteiger partial charge in [0.25, 0.3) is 5.91 Å². The summed E-state index contributed by atoms with van der Waals surface area (Å²) in [5.41, 5.74) is 2.88. The second-order valence-corrected chi connectivity index (χ2v) is 6.77. The van der Waals surface area contributed by atoms with Gasteiger partial charge in [-0.1, -0.05) is 17.7 Å². The summed E-state index contributed by atoms with van der Waals surface area (Å²) in [4.78, 5) is 24.5. The van der Waals surface area contributed by atoms with Crippen LogP contribution in [0, 0.1) is 6.92 Å². The minimum absolute atomic E-state index is 0.0456. The van der Waals surface area contributed by atoms with Gasteiger partial charge in [-0.25, -0.2) is 0 Å². The van der Waals surface area contributed by atoms with Crippen LogP contribution >= 0.6 is 11.8 Å². The number of allylic oxidation sites excluding steroid dienone is 3. The largest absolute Gasteiger partial charge is 0.372 e. The minimum Gasteiger partial charge on any atom is -0.372 e. The first kappa shape index (κ1) is 14.9. The number of aryl methyl sites for hydroxylation is 1. The Morgan fingerprint density at radius 3 is 2.86 bits per heavy atom. The lowest BCUT2D eigenvalue weighted by atomic mass is 10.1. The third-order valence-corrected chi connectivity index (χ3v) is 4.96. The van der Waals surface area contributed by atoms with Gasteiger partial charge in [-0.2, -0.15) is 0 Å². The van der Waals surface area contributed by atoms with Crippen molar-refractivity contribution in [3.8, 4) is 0 Å². The Kier molecular flexibility index (Phi) is 4.34. The first-order valence-corrected chi connectivity index (χ1v) is 8.22. The molecule has 3 rings (SSSR count). The molecule has 114 valence electrons. The van der Waals surface area contributed by atoms with Crippen molar-refractivity contribution in [3.63, 3.8) is 0 Å². The molecule has 0 fully saturated rings. The van der Waals surface area contributed by atoms with Crippen LogP contribution in [0.2, 0.25) is 0 Å². The van der Waals surface area contributed by atoms with E-state index in [2.05, 4.69) is 10.6 Å². The number of ketones is 1. The number of benzene rings is 1. The van der Waals surface area contributed by atoms with Crippen LogP contribution in [0.1, 0.15) is 28.8 Å². The maximum atomic E-state index is 12.0. The predicted octanol–water partition coefficient (Wildman–Crippen LogP) is 2.52. The Bertz CT molecular complexity index is 662. The van der Waals surface area contributed by atoms with E-state index < -0.39 is 0 Å². The summed E-state index contributed by atoms with van der Waals surface area (Å²) in [6.07, 6.45) is 4.78. The molecular formula is C17H18N2O2S. The third kappa shape index (κ3) is 3.42. The zero-order valence-electron chi connectivity index (χ0n) is 12.4. The van der Waals surface area contributed by atoms with E-state index >= 15 is 0 Å². The van der Waals surface area contributed by atoms with E-state index in [1.807, 2.05) is 37.3 Å². The highest BCUT2D eigenvalue weighted by Crippen LogP contribution is 2.36. The summed E-state index contributed by atoms with van der Waals surface area (Å²) < 4.78 is 0. The lowest BCUT2D eigenvalue weighted by Gasteiger charge is -2.12. The highest BCUT2D eigenvalue weighted by atomic mass is 32.2. The Morgan fingerprint density at radius 2 is 2.09 bits per heavy atom. The van der Waals surface area contributed by atoms with Crippen molar-refractivity contribution in [2.75, 3.05) is 6.54 Å². The van der Waals surface area contributed by atoms with Crippen LogP contribution in [0.3, 0.4) is 0 Å². The lowest BCUT2D eigenvalue weighted by Crippen LogP contribution is -2.29. The molecule has 0 radical (unpaired) electrons. The normalized spacial score (nSPS) is 19.9. The summed E-state index contributed by atoms with van der Waals surface area (Å²) in [6.45, 7) is 2.61. The van der Waals surface area contributed by atoms with Gasteiger partial charge in [-0.05, 0) is 37.6 Å². The van der Waals surface area contributed by atoms with Crippen molar-refractivity contribution >= 4 is 23.5 Å². The van der Waals surface area contributed by atoms with Crippen molar-refractivity contribution in [3.05, 3.63) is 58.1 Å². The van der Waals surface area contributed by atoms with Gasteiger partial charge in [-0.3, -0.25) is 9.59 Å². The first-order chi connectivity index (χ1) is 10.6. The van der Waals surface area contributed by atoms with Gasteiger partial charge in [0.15, 0.2) is 5.78 Å². The topological polar surface area (TPSA) is 58.2 Å². The Balaban J connectivity index is 1.45. The van der Waals surface area contributed by atoms with E-state index in [1.165, 1.54) is 0 Å². The van der Waals surface area contributed by atoms with Gasteiger partial charge in [0.1, 0.15) is 0 Å². The number of hydrogen-bond donors (Lipinski definition) is 2. The minimum atomic E-state index is -0.0456. The van der Waals surface area contributed by atoms with Crippen molar-refractivity contribution < 1.29 is 9.59 Å². The van der Waals surface area contributed by atoms with E-state index in [4.69, 9.17) is 0 Å². The molecule has 0 aromatic heterocycles. The molecule has 1 aromatic rings. The summed E-state index contributed by atoms with van der Waals surface area (Å²) in [5, 5.41) is 6.55. The number of hydrogen-bond acceptors (Lipinski definition) is 4.